The fraction of sp³-hybridized carbons (Fsp3) is 0.600. The number of nitrogens with zero attached hydrogens (tertiary/aromatic N) is 3. The molecule has 1 saturated carbocycles. The van der Waals surface area contributed by atoms with Crippen LogP contribution in [-0.4, -0.2) is 31.0 Å². The van der Waals surface area contributed by atoms with Gasteiger partial charge in [0.25, 0.3) is 0 Å². The Balaban J connectivity index is 2.60. The van der Waals surface area contributed by atoms with Gasteiger partial charge in [0.2, 0.25) is 0 Å². The molecule has 0 aromatic rings. The Bertz CT molecular complexity index is 407. The van der Waals surface area contributed by atoms with Gasteiger partial charge in [0, 0.05) is 19.8 Å². The molecule has 1 fully saturated rings. The van der Waals surface area contributed by atoms with Gasteiger partial charge >= 0.3 is 0 Å². The molecule has 112 valence electrons. The van der Waals surface area contributed by atoms with Crippen LogP contribution in [0.5, 0.6) is 0 Å². The quantitative estimate of drug-likeness (QED) is 0.394. The monoisotopic (exact) mass is 315 g/mol. The van der Waals surface area contributed by atoms with Crippen molar-refractivity contribution in [3.05, 3.63) is 22.8 Å². The van der Waals surface area contributed by atoms with Crippen LogP contribution >= 0.6 is 23.2 Å². The zero-order valence-corrected chi connectivity index (χ0v) is 13.8. The third-order valence-electron chi connectivity index (χ3n) is 3.48. The number of allylic oxidation sites excluding steroid dienone is 2. The summed E-state index contributed by atoms with van der Waals surface area (Å²) < 4.78 is 0. The van der Waals surface area contributed by atoms with Crippen LogP contribution in [0.25, 0.3) is 0 Å². The molecule has 5 heteroatoms. The first kappa shape index (κ1) is 17.3. The summed E-state index contributed by atoms with van der Waals surface area (Å²) >= 11 is 11.9. The molecule has 1 rings (SSSR count). The van der Waals surface area contributed by atoms with Crippen LogP contribution in [0, 0.1) is 5.92 Å². The summed E-state index contributed by atoms with van der Waals surface area (Å²) in [5.74, 6) is 0.736. The lowest BCUT2D eigenvalue weighted by molar-refractivity contribution is 0.368. The second-order valence-electron chi connectivity index (χ2n) is 5.11. The minimum Gasteiger partial charge on any atom is -0.293 e. The van der Waals surface area contributed by atoms with Crippen molar-refractivity contribution in [2.45, 2.75) is 38.5 Å². The molecule has 0 heterocycles. The molecule has 0 radical (unpaired) electrons. The molecule has 0 bridgehead atoms. The standard InChI is InChI=1S/C15H23Cl2N3/c1-12(16)11-19-20(3)15(17)10-14(18-2)9-13-7-5-4-6-8-13/h10-11,13H,1,4-9H2,2-3H3/b15-10-,18-14?,19-11-. The molecule has 1 aliphatic rings. The van der Waals surface area contributed by atoms with Crippen LogP contribution in [0.2, 0.25) is 0 Å². The van der Waals surface area contributed by atoms with Gasteiger partial charge < -0.3 is 0 Å². The van der Waals surface area contributed by atoms with E-state index in [4.69, 9.17) is 23.2 Å². The van der Waals surface area contributed by atoms with Gasteiger partial charge in [0.05, 0.1) is 11.2 Å². The summed E-state index contributed by atoms with van der Waals surface area (Å²) in [6, 6.07) is 0. The number of aliphatic imine (C=N–C) groups is 1. The van der Waals surface area contributed by atoms with E-state index in [2.05, 4.69) is 16.7 Å². The first-order valence-electron chi connectivity index (χ1n) is 6.98. The molecule has 0 atom stereocenters. The lowest BCUT2D eigenvalue weighted by Gasteiger charge is -2.21. The SMILES string of the molecule is C=C(Cl)/C=N\N(C)/C(Cl)=C\C(CC1CCCCC1)=NC. The van der Waals surface area contributed by atoms with Crippen LogP contribution in [0.15, 0.2) is 32.9 Å². The maximum absolute atomic E-state index is 6.23. The second kappa shape index (κ2) is 9.19. The van der Waals surface area contributed by atoms with Crippen LogP contribution < -0.4 is 0 Å². The molecule has 0 aromatic heterocycles. The van der Waals surface area contributed by atoms with Crippen LogP contribution in [0.1, 0.15) is 38.5 Å². The van der Waals surface area contributed by atoms with E-state index in [1.807, 2.05) is 13.1 Å². The highest BCUT2D eigenvalue weighted by Gasteiger charge is 2.15. The van der Waals surface area contributed by atoms with Crippen molar-refractivity contribution in [2.24, 2.45) is 16.0 Å². The van der Waals surface area contributed by atoms with E-state index in [-0.39, 0.29) is 0 Å². The maximum Gasteiger partial charge on any atom is 0.126 e. The van der Waals surface area contributed by atoms with Crippen molar-refractivity contribution in [3.63, 3.8) is 0 Å². The van der Waals surface area contributed by atoms with Gasteiger partial charge in [-0.3, -0.25) is 10.0 Å². The minimum absolute atomic E-state index is 0.368. The lowest BCUT2D eigenvalue weighted by atomic mass is 9.85. The Morgan fingerprint density at radius 2 is 1.95 bits per heavy atom. The first-order chi connectivity index (χ1) is 9.52. The van der Waals surface area contributed by atoms with Crippen LogP contribution in [0.4, 0.5) is 0 Å². The fourth-order valence-corrected chi connectivity index (χ4v) is 2.55. The van der Waals surface area contributed by atoms with Crippen molar-refractivity contribution in [2.75, 3.05) is 14.1 Å². The molecule has 0 unspecified atom stereocenters. The van der Waals surface area contributed by atoms with E-state index in [9.17, 15) is 0 Å². The normalized spacial score (nSPS) is 18.6. The smallest absolute Gasteiger partial charge is 0.126 e. The zero-order chi connectivity index (χ0) is 15.0. The van der Waals surface area contributed by atoms with Crippen molar-refractivity contribution in [3.8, 4) is 0 Å². The van der Waals surface area contributed by atoms with Gasteiger partial charge in [-0.15, -0.1) is 0 Å². The minimum atomic E-state index is 0.368. The number of hydrazone groups is 1. The number of hydrogen-bond donors (Lipinski definition) is 0. The highest BCUT2D eigenvalue weighted by molar-refractivity contribution is 6.38. The third-order valence-corrected chi connectivity index (χ3v) is 3.93. The van der Waals surface area contributed by atoms with Crippen LogP contribution in [0.3, 0.4) is 0 Å². The van der Waals surface area contributed by atoms with Gasteiger partial charge in [0.15, 0.2) is 0 Å². The summed E-state index contributed by atoms with van der Waals surface area (Å²) in [7, 11) is 3.58. The lowest BCUT2D eigenvalue weighted by Crippen LogP contribution is -2.13. The molecular formula is C15H23Cl2N3. The molecule has 0 N–H and O–H groups in total. The molecule has 1 aliphatic carbocycles. The van der Waals surface area contributed by atoms with Crippen molar-refractivity contribution in [1.82, 2.24) is 5.01 Å². The third kappa shape index (κ3) is 6.58. The highest BCUT2D eigenvalue weighted by atomic mass is 35.5. The number of hydrogen-bond acceptors (Lipinski definition) is 3. The summed E-state index contributed by atoms with van der Waals surface area (Å²) in [6.07, 6.45) is 11.0. The Morgan fingerprint density at radius 3 is 2.50 bits per heavy atom. The molecule has 0 amide bonds. The van der Waals surface area contributed by atoms with E-state index >= 15 is 0 Å². The second-order valence-corrected chi connectivity index (χ2v) is 5.98. The Hall–Kier alpha value is -0.800. The molecule has 0 saturated heterocycles. The summed E-state index contributed by atoms with van der Waals surface area (Å²) in [6.45, 7) is 3.54. The van der Waals surface area contributed by atoms with Gasteiger partial charge in [-0.2, -0.15) is 5.10 Å². The van der Waals surface area contributed by atoms with Gasteiger partial charge in [-0.25, -0.2) is 0 Å². The zero-order valence-electron chi connectivity index (χ0n) is 12.3. The molecule has 0 spiro atoms. The van der Waals surface area contributed by atoms with E-state index in [1.54, 1.807) is 12.1 Å². The van der Waals surface area contributed by atoms with Crippen molar-refractivity contribution >= 4 is 35.1 Å². The van der Waals surface area contributed by atoms with Crippen molar-refractivity contribution in [1.29, 1.82) is 0 Å². The predicted octanol–water partition coefficient (Wildman–Crippen LogP) is 4.78. The first-order valence-corrected chi connectivity index (χ1v) is 7.73. The number of halogens is 2. The van der Waals surface area contributed by atoms with Crippen LogP contribution in [-0.2, 0) is 0 Å². The maximum atomic E-state index is 6.23. The van der Waals surface area contributed by atoms with Gasteiger partial charge in [-0.05, 0) is 18.4 Å². The highest BCUT2D eigenvalue weighted by Crippen LogP contribution is 2.27. The van der Waals surface area contributed by atoms with Gasteiger partial charge in [-0.1, -0.05) is 61.9 Å². The number of rotatable bonds is 6. The average molecular weight is 316 g/mol. The average Bonchev–Trinajstić information content (AvgIpc) is 2.44. The topological polar surface area (TPSA) is 28.0 Å². The Labute approximate surface area is 132 Å². The van der Waals surface area contributed by atoms with E-state index in [1.165, 1.54) is 38.3 Å². The largest absolute Gasteiger partial charge is 0.293 e. The Kier molecular flexibility index (Phi) is 7.93. The fourth-order valence-electron chi connectivity index (χ4n) is 2.34. The summed E-state index contributed by atoms with van der Waals surface area (Å²) in [5.41, 5.74) is 1.02. The summed E-state index contributed by atoms with van der Waals surface area (Å²) in [4.78, 5) is 4.33. The van der Waals surface area contributed by atoms with Gasteiger partial charge in [0.1, 0.15) is 5.16 Å². The van der Waals surface area contributed by atoms with E-state index in [0.29, 0.717) is 10.2 Å². The van der Waals surface area contributed by atoms with E-state index in [0.717, 1.165) is 18.1 Å². The molecule has 3 nitrogen and oxygen atoms in total. The molecule has 20 heavy (non-hydrogen) atoms. The Morgan fingerprint density at radius 1 is 1.30 bits per heavy atom. The summed E-state index contributed by atoms with van der Waals surface area (Å²) in [5, 5.41) is 6.53. The van der Waals surface area contributed by atoms with Crippen molar-refractivity contribution < 1.29 is 0 Å². The molecule has 0 aliphatic heterocycles. The molecule has 0 aromatic carbocycles. The molecular weight excluding hydrogens is 293 g/mol. The predicted molar refractivity (Wildman–Crippen MR) is 89.7 cm³/mol. The van der Waals surface area contributed by atoms with E-state index < -0.39 is 0 Å².